The third-order valence-corrected chi connectivity index (χ3v) is 4.62. The van der Waals surface area contributed by atoms with Gasteiger partial charge in [-0.15, -0.1) is 0 Å². The molecule has 1 fully saturated rings. The molecule has 1 aliphatic heterocycles. The predicted octanol–water partition coefficient (Wildman–Crippen LogP) is 2.53. The van der Waals surface area contributed by atoms with E-state index < -0.39 is 29.3 Å². The number of hydrogen-bond acceptors (Lipinski definition) is 7. The first-order chi connectivity index (χ1) is 14.9. The second kappa shape index (κ2) is 9.70. The fraction of sp³-hybridized carbons (Fsp3) is 0.286. The molecule has 1 N–H and O–H groups in total. The first-order valence-corrected chi connectivity index (χ1v) is 9.62. The Kier molecular flexibility index (Phi) is 6.81. The second-order valence-electron chi connectivity index (χ2n) is 6.77. The van der Waals surface area contributed by atoms with Crippen LogP contribution >= 0.6 is 0 Å². The topological polar surface area (TPSA) is 128 Å². The largest absolute Gasteiger partial charge is 0.492 e. The molecular formula is C21H21N3O7. The van der Waals surface area contributed by atoms with Crippen molar-refractivity contribution in [2.45, 2.75) is 13.3 Å². The molecule has 1 heterocycles. The molecule has 1 aliphatic rings. The number of amides is 2. The highest BCUT2D eigenvalue weighted by molar-refractivity contribution is 6.00. The van der Waals surface area contributed by atoms with Crippen LogP contribution in [0.3, 0.4) is 0 Å². The number of hydrogen-bond donors (Lipinski definition) is 1. The molecule has 2 aromatic rings. The molecule has 0 radical (unpaired) electrons. The summed E-state index contributed by atoms with van der Waals surface area (Å²) in [5.74, 6) is -1.85. The Balaban J connectivity index is 1.56. The van der Waals surface area contributed by atoms with E-state index in [4.69, 9.17) is 9.47 Å². The van der Waals surface area contributed by atoms with Gasteiger partial charge >= 0.3 is 5.97 Å². The van der Waals surface area contributed by atoms with Gasteiger partial charge in [0.25, 0.3) is 11.6 Å². The summed E-state index contributed by atoms with van der Waals surface area (Å²) in [5, 5.41) is 13.6. The minimum atomic E-state index is -0.768. The standard InChI is InChI=1S/C21H21N3O7/c1-2-30-18-9-4-3-8-17(18)22-19(25)13-31-21(27)14-10-20(26)23(12-14)15-6-5-7-16(11-15)24(28)29/h3-9,11,14H,2,10,12-13H2,1H3,(H,22,25)/t14-/m1/s1. The van der Waals surface area contributed by atoms with E-state index in [-0.39, 0.29) is 24.6 Å². The number of benzene rings is 2. The maximum atomic E-state index is 12.4. The highest BCUT2D eigenvalue weighted by Crippen LogP contribution is 2.28. The summed E-state index contributed by atoms with van der Waals surface area (Å²) in [7, 11) is 0. The highest BCUT2D eigenvalue weighted by Gasteiger charge is 2.36. The lowest BCUT2D eigenvalue weighted by Gasteiger charge is -2.16. The molecule has 0 aliphatic carbocycles. The molecule has 0 saturated carbocycles. The van der Waals surface area contributed by atoms with Gasteiger partial charge in [0, 0.05) is 25.1 Å². The van der Waals surface area contributed by atoms with Crippen molar-refractivity contribution in [2.75, 3.05) is 30.0 Å². The molecule has 0 unspecified atom stereocenters. The molecule has 1 atom stereocenters. The molecule has 0 aromatic heterocycles. The van der Waals surface area contributed by atoms with Crippen LogP contribution in [0.15, 0.2) is 48.5 Å². The molecule has 162 valence electrons. The van der Waals surface area contributed by atoms with Crippen LogP contribution in [0.5, 0.6) is 5.75 Å². The van der Waals surface area contributed by atoms with Crippen LogP contribution < -0.4 is 15.0 Å². The van der Waals surface area contributed by atoms with Gasteiger partial charge in [0.2, 0.25) is 5.91 Å². The Bertz CT molecular complexity index is 1010. The van der Waals surface area contributed by atoms with Crippen LogP contribution in [0.1, 0.15) is 13.3 Å². The van der Waals surface area contributed by atoms with Crippen LogP contribution in [-0.4, -0.2) is 42.5 Å². The Morgan fingerprint density at radius 3 is 2.74 bits per heavy atom. The summed E-state index contributed by atoms with van der Waals surface area (Å²) in [6.45, 7) is 1.76. The quantitative estimate of drug-likeness (QED) is 0.389. The lowest BCUT2D eigenvalue weighted by Crippen LogP contribution is -2.28. The van der Waals surface area contributed by atoms with Crippen LogP contribution in [-0.2, 0) is 19.1 Å². The number of anilines is 2. The lowest BCUT2D eigenvalue weighted by atomic mass is 10.1. The average Bonchev–Trinajstić information content (AvgIpc) is 3.15. The normalized spacial score (nSPS) is 15.5. The molecule has 2 aromatic carbocycles. The minimum absolute atomic E-state index is 0.0215. The SMILES string of the molecule is CCOc1ccccc1NC(=O)COC(=O)[C@@H]1CC(=O)N(c2cccc([N+](=O)[O-])c2)C1. The smallest absolute Gasteiger partial charge is 0.311 e. The molecule has 1 saturated heterocycles. The van der Waals surface area contributed by atoms with Gasteiger partial charge < -0.3 is 19.7 Å². The van der Waals surface area contributed by atoms with Gasteiger partial charge in [0.15, 0.2) is 6.61 Å². The summed E-state index contributed by atoms with van der Waals surface area (Å²) in [5.41, 5.74) is 0.637. The van der Waals surface area contributed by atoms with Crippen LogP contribution in [0.25, 0.3) is 0 Å². The van der Waals surface area contributed by atoms with Gasteiger partial charge in [-0.05, 0) is 25.1 Å². The molecule has 10 heteroatoms. The Morgan fingerprint density at radius 2 is 2.00 bits per heavy atom. The monoisotopic (exact) mass is 427 g/mol. The van der Waals surface area contributed by atoms with E-state index in [2.05, 4.69) is 5.32 Å². The maximum Gasteiger partial charge on any atom is 0.311 e. The number of nitrogens with zero attached hydrogens (tertiary/aromatic N) is 2. The predicted molar refractivity (Wildman–Crippen MR) is 111 cm³/mol. The third kappa shape index (κ3) is 5.35. The Labute approximate surface area is 177 Å². The number of nitro benzene ring substituents is 1. The summed E-state index contributed by atoms with van der Waals surface area (Å²) in [4.78, 5) is 48.5. The molecule has 3 rings (SSSR count). The number of ether oxygens (including phenoxy) is 2. The van der Waals surface area contributed by atoms with E-state index in [1.807, 2.05) is 6.92 Å². The second-order valence-corrected chi connectivity index (χ2v) is 6.77. The Morgan fingerprint density at radius 1 is 1.23 bits per heavy atom. The van der Waals surface area contributed by atoms with Crippen molar-refractivity contribution >= 4 is 34.8 Å². The van der Waals surface area contributed by atoms with Crippen LogP contribution in [0.2, 0.25) is 0 Å². The van der Waals surface area contributed by atoms with Crippen molar-refractivity contribution in [3.63, 3.8) is 0 Å². The zero-order chi connectivity index (χ0) is 22.4. The van der Waals surface area contributed by atoms with Crippen molar-refractivity contribution in [3.8, 4) is 5.75 Å². The van der Waals surface area contributed by atoms with Crippen molar-refractivity contribution < 1.29 is 28.8 Å². The number of nitro groups is 1. The number of non-ortho nitro benzene ring substituents is 1. The lowest BCUT2D eigenvalue weighted by molar-refractivity contribution is -0.384. The van der Waals surface area contributed by atoms with Gasteiger partial charge in [0.1, 0.15) is 5.75 Å². The summed E-state index contributed by atoms with van der Waals surface area (Å²) in [6, 6.07) is 12.5. The molecule has 2 amide bonds. The maximum absolute atomic E-state index is 12.4. The number of nitrogens with one attached hydrogen (secondary N) is 1. The van der Waals surface area contributed by atoms with Crippen molar-refractivity contribution in [1.29, 1.82) is 0 Å². The number of esters is 1. The number of carbonyl (C=O) groups excluding carboxylic acids is 3. The zero-order valence-electron chi connectivity index (χ0n) is 16.8. The number of carbonyl (C=O) groups is 3. The van der Waals surface area contributed by atoms with E-state index in [0.717, 1.165) is 0 Å². The molecule has 31 heavy (non-hydrogen) atoms. The van der Waals surface area contributed by atoms with Gasteiger partial charge in [-0.25, -0.2) is 0 Å². The number of para-hydroxylation sites is 2. The molecule has 10 nitrogen and oxygen atoms in total. The molecule has 0 spiro atoms. The fourth-order valence-corrected chi connectivity index (χ4v) is 3.18. The van der Waals surface area contributed by atoms with Gasteiger partial charge in [-0.3, -0.25) is 24.5 Å². The van der Waals surface area contributed by atoms with Crippen molar-refractivity contribution in [2.24, 2.45) is 5.92 Å². The highest BCUT2D eigenvalue weighted by atomic mass is 16.6. The van der Waals surface area contributed by atoms with Gasteiger partial charge in [-0.2, -0.15) is 0 Å². The zero-order valence-corrected chi connectivity index (χ0v) is 16.8. The van der Waals surface area contributed by atoms with Crippen LogP contribution in [0.4, 0.5) is 17.1 Å². The first-order valence-electron chi connectivity index (χ1n) is 9.62. The molecular weight excluding hydrogens is 406 g/mol. The summed E-state index contributed by atoms with van der Waals surface area (Å²) in [6.07, 6.45) is -0.101. The van der Waals surface area contributed by atoms with Gasteiger partial charge in [-0.1, -0.05) is 18.2 Å². The molecule has 0 bridgehead atoms. The minimum Gasteiger partial charge on any atom is -0.492 e. The fourth-order valence-electron chi connectivity index (χ4n) is 3.18. The van der Waals surface area contributed by atoms with E-state index in [1.54, 1.807) is 30.3 Å². The first kappa shape index (κ1) is 21.8. The average molecular weight is 427 g/mol. The van der Waals surface area contributed by atoms with E-state index in [1.165, 1.54) is 23.1 Å². The van der Waals surface area contributed by atoms with Crippen molar-refractivity contribution in [3.05, 3.63) is 58.6 Å². The van der Waals surface area contributed by atoms with Gasteiger partial charge in [0.05, 0.1) is 28.8 Å². The summed E-state index contributed by atoms with van der Waals surface area (Å²) < 4.78 is 10.5. The Hall–Kier alpha value is -3.95. The number of rotatable bonds is 8. The van der Waals surface area contributed by atoms with E-state index in [0.29, 0.717) is 23.7 Å². The summed E-state index contributed by atoms with van der Waals surface area (Å²) >= 11 is 0. The third-order valence-electron chi connectivity index (χ3n) is 4.62. The van der Waals surface area contributed by atoms with E-state index in [9.17, 15) is 24.5 Å². The van der Waals surface area contributed by atoms with Crippen LogP contribution in [0, 0.1) is 16.0 Å². The van der Waals surface area contributed by atoms with Crippen molar-refractivity contribution in [1.82, 2.24) is 0 Å². The van der Waals surface area contributed by atoms with E-state index >= 15 is 0 Å².